The van der Waals surface area contributed by atoms with Gasteiger partial charge in [-0.3, -0.25) is 9.69 Å². The molecule has 0 saturated heterocycles. The van der Waals surface area contributed by atoms with Crippen LogP contribution in [0.3, 0.4) is 0 Å². The first-order valence-electron chi connectivity index (χ1n) is 4.58. The van der Waals surface area contributed by atoms with E-state index in [1.807, 2.05) is 7.05 Å². The van der Waals surface area contributed by atoms with Crippen molar-refractivity contribution in [3.05, 3.63) is 0 Å². The molecule has 3 heteroatoms. The lowest BCUT2D eigenvalue weighted by molar-refractivity contribution is -0.122. The van der Waals surface area contributed by atoms with Crippen molar-refractivity contribution in [3.8, 4) is 0 Å². The zero-order valence-electron chi connectivity index (χ0n) is 9.37. The van der Waals surface area contributed by atoms with Gasteiger partial charge in [0.1, 0.15) is 5.78 Å². The van der Waals surface area contributed by atoms with E-state index in [1.165, 1.54) is 0 Å². The highest BCUT2D eigenvalue weighted by Crippen LogP contribution is 2.19. The van der Waals surface area contributed by atoms with Crippen molar-refractivity contribution in [3.63, 3.8) is 0 Å². The summed E-state index contributed by atoms with van der Waals surface area (Å²) in [5.74, 6) is 0.645. The van der Waals surface area contributed by atoms with E-state index in [0.29, 0.717) is 5.92 Å². The van der Waals surface area contributed by atoms with Crippen molar-refractivity contribution in [2.45, 2.75) is 26.8 Å². The summed E-state index contributed by atoms with van der Waals surface area (Å²) >= 11 is 0. The van der Waals surface area contributed by atoms with Gasteiger partial charge in [0.05, 0.1) is 26.6 Å². The summed E-state index contributed by atoms with van der Waals surface area (Å²) in [6.45, 7) is 7.97. The second-order valence-electron chi connectivity index (χ2n) is 4.05. The minimum absolute atomic E-state index is 0.0618. The van der Waals surface area contributed by atoms with Gasteiger partial charge in [-0.2, -0.15) is 0 Å². The van der Waals surface area contributed by atoms with Gasteiger partial charge in [-0.05, 0) is 19.9 Å². The number of carbonyl (C=O) groups is 1. The SMILES string of the molecule is C=[P+](C)CN(C)C(C(C)=O)C(C)C. The zero-order chi connectivity index (χ0) is 10.6. The molecule has 0 N–H and O–H groups in total. The first-order chi connectivity index (χ1) is 5.86. The highest BCUT2D eigenvalue weighted by atomic mass is 31.1. The fraction of sp³-hybridized carbons (Fsp3) is 0.800. The Balaban J connectivity index is 4.37. The molecule has 0 aromatic carbocycles. The molecular weight excluding hydrogens is 181 g/mol. The van der Waals surface area contributed by atoms with Gasteiger partial charge in [-0.1, -0.05) is 13.8 Å². The van der Waals surface area contributed by atoms with Gasteiger partial charge in [-0.25, -0.2) is 0 Å². The second kappa shape index (κ2) is 5.51. The molecule has 0 heterocycles. The van der Waals surface area contributed by atoms with E-state index in [4.69, 9.17) is 0 Å². The molecule has 2 atom stereocenters. The molecule has 0 aliphatic heterocycles. The van der Waals surface area contributed by atoms with Crippen LogP contribution in [0.4, 0.5) is 0 Å². The van der Waals surface area contributed by atoms with Crippen LogP contribution in [0.15, 0.2) is 0 Å². The fourth-order valence-corrected chi connectivity index (χ4v) is 2.70. The molecule has 0 aliphatic carbocycles. The molecule has 0 bridgehead atoms. The number of rotatable bonds is 5. The Kier molecular flexibility index (Phi) is 5.43. The van der Waals surface area contributed by atoms with Crippen LogP contribution in [0.2, 0.25) is 0 Å². The monoisotopic (exact) mass is 202 g/mol. The summed E-state index contributed by atoms with van der Waals surface area (Å²) in [5.41, 5.74) is 0. The van der Waals surface area contributed by atoms with Crippen LogP contribution in [0.5, 0.6) is 0 Å². The number of nitrogens with zero attached hydrogens (tertiary/aromatic N) is 1. The predicted octanol–water partition coefficient (Wildman–Crippen LogP) is 2.03. The lowest BCUT2D eigenvalue weighted by Gasteiger charge is -2.26. The highest BCUT2D eigenvalue weighted by molar-refractivity contribution is 7.54. The van der Waals surface area contributed by atoms with E-state index >= 15 is 0 Å². The summed E-state index contributed by atoms with van der Waals surface area (Å²) in [7, 11) is 1.81. The first-order valence-corrected chi connectivity index (χ1v) is 6.74. The first kappa shape index (κ1) is 12.8. The third kappa shape index (κ3) is 4.54. The van der Waals surface area contributed by atoms with E-state index in [1.54, 1.807) is 6.92 Å². The number of likely N-dealkylation sites (N-methyl/N-ethyl adjacent to an activating group) is 1. The summed E-state index contributed by atoms with van der Waals surface area (Å²) in [6, 6.07) is 0.0618. The molecule has 2 nitrogen and oxygen atoms in total. The normalized spacial score (nSPS) is 14.8. The fourth-order valence-electron chi connectivity index (χ4n) is 1.76. The van der Waals surface area contributed by atoms with Gasteiger partial charge in [0.25, 0.3) is 0 Å². The Morgan fingerprint density at radius 2 is 2.00 bits per heavy atom. The number of carbonyl (C=O) groups excluding carboxylic acids is 1. The van der Waals surface area contributed by atoms with Crippen molar-refractivity contribution in [1.82, 2.24) is 4.90 Å². The lowest BCUT2D eigenvalue weighted by Crippen LogP contribution is -2.40. The maximum absolute atomic E-state index is 11.4. The van der Waals surface area contributed by atoms with Crippen LogP contribution in [-0.2, 0) is 4.79 Å². The van der Waals surface area contributed by atoms with Gasteiger partial charge in [-0.15, -0.1) is 0 Å². The maximum atomic E-state index is 11.4. The van der Waals surface area contributed by atoms with Crippen molar-refractivity contribution < 1.29 is 4.79 Å². The average molecular weight is 202 g/mol. The molecule has 0 aromatic rings. The molecule has 76 valence electrons. The summed E-state index contributed by atoms with van der Waals surface area (Å²) in [6.07, 6.45) is 4.93. The standard InChI is InChI=1S/C10H21NOP/c1-8(2)10(9(3)12)11(4)7-13(5)6/h8,10H,5,7H2,1-4,6H3/q+1. The Labute approximate surface area is 82.7 Å². The quantitative estimate of drug-likeness (QED) is 0.636. The largest absolute Gasteiger partial charge is 0.298 e. The molecule has 2 unspecified atom stereocenters. The van der Waals surface area contributed by atoms with Crippen LogP contribution in [0.1, 0.15) is 20.8 Å². The Bertz CT molecular complexity index is 201. The number of hydrogen-bond acceptors (Lipinski definition) is 2. The molecule has 0 spiro atoms. The van der Waals surface area contributed by atoms with Crippen molar-refractivity contribution in [1.29, 1.82) is 0 Å². The summed E-state index contributed by atoms with van der Waals surface area (Å²) in [4.78, 5) is 13.5. The third-order valence-electron chi connectivity index (χ3n) is 1.99. The second-order valence-corrected chi connectivity index (χ2v) is 6.05. The van der Waals surface area contributed by atoms with E-state index in [2.05, 4.69) is 31.7 Å². The number of hydrogen-bond donors (Lipinski definition) is 0. The van der Waals surface area contributed by atoms with E-state index in [9.17, 15) is 4.79 Å². The molecule has 0 amide bonds. The molecule has 0 fully saturated rings. The molecular formula is C10H21NOP+. The van der Waals surface area contributed by atoms with Crippen LogP contribution in [-0.4, -0.2) is 43.0 Å². The number of Topliss-reactive ketones (excluding diaryl/α,β-unsaturated/α-hetero) is 1. The smallest absolute Gasteiger partial charge is 0.159 e. The lowest BCUT2D eigenvalue weighted by atomic mass is 10.00. The topological polar surface area (TPSA) is 20.3 Å². The van der Waals surface area contributed by atoms with Crippen molar-refractivity contribution >= 4 is 19.6 Å². The Morgan fingerprint density at radius 1 is 1.54 bits per heavy atom. The van der Waals surface area contributed by atoms with Gasteiger partial charge >= 0.3 is 0 Å². The van der Waals surface area contributed by atoms with Crippen molar-refractivity contribution in [2.24, 2.45) is 5.92 Å². The predicted molar refractivity (Wildman–Crippen MR) is 61.9 cm³/mol. The summed E-state index contributed by atoms with van der Waals surface area (Å²) in [5, 5.41) is 0. The number of ketones is 1. The maximum Gasteiger partial charge on any atom is 0.159 e. The van der Waals surface area contributed by atoms with E-state index < -0.39 is 0 Å². The van der Waals surface area contributed by atoms with Gasteiger partial charge in [0, 0.05) is 0 Å². The molecule has 0 radical (unpaired) electrons. The molecule has 0 aliphatic rings. The van der Waals surface area contributed by atoms with Crippen LogP contribution >= 0.6 is 7.55 Å². The molecule has 0 rings (SSSR count). The third-order valence-corrected chi connectivity index (χ3v) is 2.92. The molecule has 0 aromatic heterocycles. The van der Waals surface area contributed by atoms with Crippen molar-refractivity contribution in [2.75, 3.05) is 20.0 Å². The molecule has 13 heavy (non-hydrogen) atoms. The van der Waals surface area contributed by atoms with Crippen LogP contribution in [0, 0.1) is 5.92 Å². The summed E-state index contributed by atoms with van der Waals surface area (Å²) < 4.78 is 0. The highest BCUT2D eigenvalue weighted by Gasteiger charge is 2.24. The van der Waals surface area contributed by atoms with Gasteiger partial charge in [0.15, 0.2) is 6.29 Å². The Morgan fingerprint density at radius 3 is 2.23 bits per heavy atom. The Hall–Kier alpha value is -0.200. The van der Waals surface area contributed by atoms with Gasteiger partial charge < -0.3 is 0 Å². The van der Waals surface area contributed by atoms with Gasteiger partial charge in [0.2, 0.25) is 0 Å². The van der Waals surface area contributed by atoms with E-state index in [-0.39, 0.29) is 19.4 Å². The minimum Gasteiger partial charge on any atom is -0.298 e. The average Bonchev–Trinajstić information content (AvgIpc) is 1.81. The van der Waals surface area contributed by atoms with E-state index in [0.717, 1.165) is 6.29 Å². The van der Waals surface area contributed by atoms with Crippen LogP contribution < -0.4 is 0 Å². The van der Waals surface area contributed by atoms with Crippen LogP contribution in [0.25, 0.3) is 0 Å². The zero-order valence-corrected chi connectivity index (χ0v) is 10.3. The minimum atomic E-state index is -0.198. The molecule has 0 saturated carbocycles.